The smallest absolute Gasteiger partial charge is 0.251 e. The van der Waals surface area contributed by atoms with Crippen molar-refractivity contribution in [3.8, 4) is 5.69 Å². The molecule has 164 valence electrons. The predicted molar refractivity (Wildman–Crippen MR) is 118 cm³/mol. The van der Waals surface area contributed by atoms with E-state index in [1.165, 1.54) is 16.6 Å². The molecule has 0 atom stereocenters. The first-order chi connectivity index (χ1) is 14.8. The third-order valence-corrected chi connectivity index (χ3v) is 6.96. The number of nitrogens with one attached hydrogen (secondary N) is 1. The van der Waals surface area contributed by atoms with Gasteiger partial charge >= 0.3 is 0 Å². The standard InChI is InChI=1S/C20H22ClN5O4S/c1-3-26(4-2)31(29,30)16-6-8-20(28)25(12-16)13-19(27)23-15-5-7-18(17(21)11-15)24-10-9-22-14-24/h5-12,14H,3-4,13H2,1-2H3,(H,23,27). The summed E-state index contributed by atoms with van der Waals surface area (Å²) in [6.07, 6.45) is 6.15. The van der Waals surface area contributed by atoms with Crippen molar-refractivity contribution in [3.63, 3.8) is 0 Å². The Balaban J connectivity index is 1.78. The fourth-order valence-corrected chi connectivity index (χ4v) is 4.81. The van der Waals surface area contributed by atoms with Crippen LogP contribution in [0.2, 0.25) is 5.02 Å². The van der Waals surface area contributed by atoms with Gasteiger partial charge in [0.25, 0.3) is 5.56 Å². The van der Waals surface area contributed by atoms with Crippen LogP contribution in [0.4, 0.5) is 5.69 Å². The number of nitrogens with zero attached hydrogens (tertiary/aromatic N) is 4. The number of anilines is 1. The molecule has 1 N–H and O–H groups in total. The van der Waals surface area contributed by atoms with Gasteiger partial charge < -0.3 is 14.5 Å². The van der Waals surface area contributed by atoms with Crippen LogP contribution in [-0.4, -0.2) is 45.8 Å². The summed E-state index contributed by atoms with van der Waals surface area (Å²) in [6.45, 7) is 3.71. The van der Waals surface area contributed by atoms with Crippen LogP contribution in [0.15, 0.2) is 64.9 Å². The van der Waals surface area contributed by atoms with Gasteiger partial charge in [0.1, 0.15) is 6.54 Å². The van der Waals surface area contributed by atoms with Crippen LogP contribution in [0.1, 0.15) is 13.8 Å². The van der Waals surface area contributed by atoms with Gasteiger partial charge in [0.2, 0.25) is 15.9 Å². The molecule has 0 saturated heterocycles. The summed E-state index contributed by atoms with van der Waals surface area (Å²) in [4.78, 5) is 28.6. The van der Waals surface area contributed by atoms with E-state index in [9.17, 15) is 18.0 Å². The second kappa shape index (κ2) is 9.46. The van der Waals surface area contributed by atoms with Gasteiger partial charge in [-0.3, -0.25) is 9.59 Å². The van der Waals surface area contributed by atoms with Crippen LogP contribution in [0.5, 0.6) is 0 Å². The van der Waals surface area contributed by atoms with E-state index < -0.39 is 21.5 Å². The zero-order valence-electron chi connectivity index (χ0n) is 17.0. The van der Waals surface area contributed by atoms with Crippen molar-refractivity contribution in [2.24, 2.45) is 0 Å². The van der Waals surface area contributed by atoms with Crippen LogP contribution in [0, 0.1) is 0 Å². The number of rotatable bonds is 8. The highest BCUT2D eigenvalue weighted by Crippen LogP contribution is 2.24. The zero-order valence-corrected chi connectivity index (χ0v) is 18.6. The topological polar surface area (TPSA) is 106 Å². The van der Waals surface area contributed by atoms with E-state index in [2.05, 4.69) is 10.3 Å². The van der Waals surface area contributed by atoms with Crippen LogP contribution < -0.4 is 10.9 Å². The predicted octanol–water partition coefficient (Wildman–Crippen LogP) is 2.36. The number of pyridine rings is 1. The third kappa shape index (κ3) is 5.04. The van der Waals surface area contributed by atoms with Crippen molar-refractivity contribution in [1.29, 1.82) is 0 Å². The minimum Gasteiger partial charge on any atom is -0.324 e. The van der Waals surface area contributed by atoms with Gasteiger partial charge in [0.15, 0.2) is 0 Å². The summed E-state index contributed by atoms with van der Waals surface area (Å²) in [5.74, 6) is -0.495. The van der Waals surface area contributed by atoms with Gasteiger partial charge in [-0.15, -0.1) is 0 Å². The maximum atomic E-state index is 12.7. The minimum atomic E-state index is -3.75. The Morgan fingerprint density at radius 1 is 1.19 bits per heavy atom. The van der Waals surface area contributed by atoms with Gasteiger partial charge in [-0.25, -0.2) is 13.4 Å². The second-order valence-corrected chi connectivity index (χ2v) is 8.95. The molecule has 0 aliphatic rings. The van der Waals surface area contributed by atoms with Gasteiger partial charge in [-0.2, -0.15) is 4.31 Å². The first kappa shape index (κ1) is 22.7. The molecule has 3 rings (SSSR count). The monoisotopic (exact) mass is 463 g/mol. The molecule has 0 unspecified atom stereocenters. The quantitative estimate of drug-likeness (QED) is 0.552. The number of amides is 1. The van der Waals surface area contributed by atoms with Crippen LogP contribution in [0.25, 0.3) is 5.69 Å². The average Bonchev–Trinajstić information content (AvgIpc) is 3.25. The summed E-state index contributed by atoms with van der Waals surface area (Å²) in [5, 5.41) is 3.07. The Morgan fingerprint density at radius 3 is 2.55 bits per heavy atom. The molecule has 2 aromatic heterocycles. The Hall–Kier alpha value is -2.95. The molecule has 0 fully saturated rings. The molecular weight excluding hydrogens is 442 g/mol. The van der Waals surface area contributed by atoms with Gasteiger partial charge in [0, 0.05) is 43.4 Å². The fourth-order valence-electron chi connectivity index (χ4n) is 3.05. The lowest BCUT2D eigenvalue weighted by atomic mass is 10.2. The van der Waals surface area contributed by atoms with Gasteiger partial charge in [-0.05, 0) is 24.3 Å². The lowest BCUT2D eigenvalue weighted by molar-refractivity contribution is -0.116. The number of imidazole rings is 1. The van der Waals surface area contributed by atoms with Gasteiger partial charge in [-0.1, -0.05) is 25.4 Å². The van der Waals surface area contributed by atoms with E-state index in [0.717, 1.165) is 10.6 Å². The number of carbonyl (C=O) groups is 1. The molecule has 0 saturated carbocycles. The largest absolute Gasteiger partial charge is 0.324 e. The van der Waals surface area contributed by atoms with Crippen LogP contribution in [0.3, 0.4) is 0 Å². The lowest BCUT2D eigenvalue weighted by Gasteiger charge is -2.19. The summed E-state index contributed by atoms with van der Waals surface area (Å²) in [5.41, 5.74) is 0.656. The van der Waals surface area contributed by atoms with Crippen LogP contribution >= 0.6 is 11.6 Å². The number of hydrogen-bond acceptors (Lipinski definition) is 5. The molecule has 9 nitrogen and oxygen atoms in total. The summed E-state index contributed by atoms with van der Waals surface area (Å²) in [6, 6.07) is 7.37. The first-order valence-corrected chi connectivity index (χ1v) is 11.4. The van der Waals surface area contributed by atoms with E-state index in [0.29, 0.717) is 29.5 Å². The normalized spacial score (nSPS) is 11.6. The zero-order chi connectivity index (χ0) is 22.6. The highest BCUT2D eigenvalue weighted by atomic mass is 35.5. The summed E-state index contributed by atoms with van der Waals surface area (Å²) in [7, 11) is -3.75. The number of benzene rings is 1. The molecule has 1 amide bonds. The molecule has 0 spiro atoms. The average molecular weight is 464 g/mol. The van der Waals surface area contributed by atoms with Crippen molar-refractivity contribution in [2.75, 3.05) is 18.4 Å². The molecule has 2 heterocycles. The van der Waals surface area contributed by atoms with E-state index in [-0.39, 0.29) is 11.4 Å². The third-order valence-electron chi connectivity index (χ3n) is 4.63. The van der Waals surface area contributed by atoms with E-state index in [1.807, 2.05) is 0 Å². The lowest BCUT2D eigenvalue weighted by Crippen LogP contribution is -2.33. The highest BCUT2D eigenvalue weighted by Gasteiger charge is 2.22. The fraction of sp³-hybridized carbons (Fsp3) is 0.250. The number of sulfonamides is 1. The van der Waals surface area contributed by atoms with E-state index in [4.69, 9.17) is 11.6 Å². The summed E-state index contributed by atoms with van der Waals surface area (Å²) < 4.78 is 29.5. The molecule has 0 radical (unpaired) electrons. The minimum absolute atomic E-state index is 0.0451. The molecule has 1 aromatic carbocycles. The molecule has 3 aromatic rings. The van der Waals surface area contributed by atoms with Crippen LogP contribution in [-0.2, 0) is 21.4 Å². The SMILES string of the molecule is CCN(CC)S(=O)(=O)c1ccc(=O)n(CC(=O)Nc2ccc(-n3ccnc3)c(Cl)c2)c1. The van der Waals surface area contributed by atoms with Crippen molar-refractivity contribution < 1.29 is 13.2 Å². The Morgan fingerprint density at radius 2 is 1.94 bits per heavy atom. The summed E-state index contributed by atoms with van der Waals surface area (Å²) >= 11 is 6.29. The number of carbonyl (C=O) groups excluding carboxylic acids is 1. The number of hydrogen-bond donors (Lipinski definition) is 1. The number of aromatic nitrogens is 3. The van der Waals surface area contributed by atoms with Crippen molar-refractivity contribution in [1.82, 2.24) is 18.4 Å². The Kier molecular flexibility index (Phi) is 6.94. The molecule has 11 heteroatoms. The maximum Gasteiger partial charge on any atom is 0.251 e. The van der Waals surface area contributed by atoms with Gasteiger partial charge in [0.05, 0.1) is 21.9 Å². The molecule has 0 aliphatic heterocycles. The maximum absolute atomic E-state index is 12.7. The molecule has 0 bridgehead atoms. The first-order valence-electron chi connectivity index (χ1n) is 9.54. The second-order valence-electron chi connectivity index (χ2n) is 6.60. The Labute approximate surface area is 185 Å². The molecule has 31 heavy (non-hydrogen) atoms. The van der Waals surface area contributed by atoms with E-state index >= 15 is 0 Å². The molecule has 0 aliphatic carbocycles. The Bertz CT molecular complexity index is 1230. The highest BCUT2D eigenvalue weighted by molar-refractivity contribution is 7.89. The van der Waals surface area contributed by atoms with Crippen molar-refractivity contribution in [3.05, 3.63) is 70.6 Å². The van der Waals surface area contributed by atoms with E-state index in [1.54, 1.807) is 55.3 Å². The number of halogens is 1. The van der Waals surface area contributed by atoms with Crippen molar-refractivity contribution >= 4 is 33.2 Å². The van der Waals surface area contributed by atoms with Crippen molar-refractivity contribution in [2.45, 2.75) is 25.3 Å². The molecular formula is C20H22ClN5O4S.